The molecule has 0 bridgehead atoms. The molecule has 0 radical (unpaired) electrons. The number of aryl methyl sites for hydroxylation is 2. The highest BCUT2D eigenvalue weighted by atomic mass is 32.2. The zero-order chi connectivity index (χ0) is 25.2. The van der Waals surface area contributed by atoms with Crippen molar-refractivity contribution in [2.45, 2.75) is 30.2 Å². The summed E-state index contributed by atoms with van der Waals surface area (Å²) in [6.45, 7) is 2.77. The number of benzene rings is 2. The van der Waals surface area contributed by atoms with Gasteiger partial charge < -0.3 is 13.8 Å². The molecule has 0 aliphatic rings. The van der Waals surface area contributed by atoms with Crippen LogP contribution < -0.4 is 15.6 Å². The number of carbonyl (C=O) groups is 1. The van der Waals surface area contributed by atoms with Gasteiger partial charge in [-0.05, 0) is 55.3 Å². The maximum atomic E-state index is 13.3. The number of carbonyl (C=O) groups excluding carboxylic acids is 1. The Morgan fingerprint density at radius 1 is 1.09 bits per heavy atom. The number of nitrogens with zero attached hydrogens (tertiary/aromatic N) is 2. The van der Waals surface area contributed by atoms with E-state index in [9.17, 15) is 18.0 Å². The molecule has 4 aromatic rings. The highest BCUT2D eigenvalue weighted by Gasteiger charge is 2.26. The first-order valence-electron chi connectivity index (χ1n) is 10.6. The van der Waals surface area contributed by atoms with Gasteiger partial charge in [-0.15, -0.1) is 0 Å². The Morgan fingerprint density at radius 2 is 1.77 bits per heavy atom. The van der Waals surface area contributed by atoms with Crippen molar-refractivity contribution in [1.29, 1.82) is 0 Å². The lowest BCUT2D eigenvalue weighted by Gasteiger charge is -2.15. The maximum Gasteiger partial charge on any atom is 0.270 e. The van der Waals surface area contributed by atoms with Gasteiger partial charge in [0.1, 0.15) is 17.2 Å². The standard InChI is InChI=1S/C25H23N3O6S/c1-16-13-17(2)28(25(30)23(16)35(31,32)20-11-9-19(33-3)10-12-20)15-22(29)27-24-21(14-26-34-24)18-7-5-4-6-8-18/h4-14H,15H2,1-3H3,(H,27,29). The topological polar surface area (TPSA) is 120 Å². The van der Waals surface area contributed by atoms with E-state index in [1.165, 1.54) is 37.6 Å². The summed E-state index contributed by atoms with van der Waals surface area (Å²) in [4.78, 5) is 25.7. The van der Waals surface area contributed by atoms with Gasteiger partial charge in [-0.25, -0.2) is 8.42 Å². The quantitative estimate of drug-likeness (QED) is 0.418. The average Bonchev–Trinajstić information content (AvgIpc) is 3.30. The van der Waals surface area contributed by atoms with E-state index < -0.39 is 27.8 Å². The molecule has 1 N–H and O–H groups in total. The van der Waals surface area contributed by atoms with E-state index in [0.717, 1.165) is 10.1 Å². The van der Waals surface area contributed by atoms with Crippen LogP contribution in [0.3, 0.4) is 0 Å². The van der Waals surface area contributed by atoms with Crippen LogP contribution in [0, 0.1) is 13.8 Å². The van der Waals surface area contributed by atoms with Crippen molar-refractivity contribution in [2.75, 3.05) is 12.4 Å². The van der Waals surface area contributed by atoms with Crippen LogP contribution in [0.1, 0.15) is 11.3 Å². The highest BCUT2D eigenvalue weighted by molar-refractivity contribution is 7.91. The first kappa shape index (κ1) is 24.0. The number of methoxy groups -OCH3 is 1. The third-order valence-corrected chi connectivity index (χ3v) is 7.42. The predicted molar refractivity (Wildman–Crippen MR) is 129 cm³/mol. The number of rotatable bonds is 7. The number of ether oxygens (including phenoxy) is 1. The van der Waals surface area contributed by atoms with Crippen molar-refractivity contribution in [2.24, 2.45) is 0 Å². The summed E-state index contributed by atoms with van der Waals surface area (Å²) in [6.07, 6.45) is 1.48. The second kappa shape index (κ2) is 9.59. The molecule has 10 heteroatoms. The molecule has 0 saturated carbocycles. The summed E-state index contributed by atoms with van der Waals surface area (Å²) in [5.41, 5.74) is 1.32. The third kappa shape index (κ3) is 4.73. The first-order chi connectivity index (χ1) is 16.7. The number of anilines is 1. The number of nitrogens with one attached hydrogen (secondary N) is 1. The fourth-order valence-corrected chi connectivity index (χ4v) is 5.32. The fourth-order valence-electron chi connectivity index (χ4n) is 3.77. The van der Waals surface area contributed by atoms with Crippen LogP contribution in [-0.2, 0) is 21.2 Å². The number of hydrogen-bond donors (Lipinski definition) is 1. The number of amides is 1. The molecule has 1 amide bonds. The van der Waals surface area contributed by atoms with E-state index >= 15 is 0 Å². The lowest BCUT2D eigenvalue weighted by atomic mass is 10.1. The molecule has 180 valence electrons. The van der Waals surface area contributed by atoms with Crippen molar-refractivity contribution in [3.05, 3.63) is 88.5 Å². The number of hydrogen-bond acceptors (Lipinski definition) is 7. The SMILES string of the molecule is COc1ccc(S(=O)(=O)c2c(C)cc(C)n(CC(=O)Nc3oncc3-c3ccccc3)c2=O)cc1. The molecule has 0 spiro atoms. The van der Waals surface area contributed by atoms with Crippen LogP contribution >= 0.6 is 0 Å². The lowest BCUT2D eigenvalue weighted by Crippen LogP contribution is -2.33. The van der Waals surface area contributed by atoms with Gasteiger partial charge in [0.25, 0.3) is 5.56 Å². The lowest BCUT2D eigenvalue weighted by molar-refractivity contribution is -0.117. The fraction of sp³-hybridized carbons (Fsp3) is 0.160. The van der Waals surface area contributed by atoms with Crippen molar-refractivity contribution in [3.8, 4) is 16.9 Å². The Labute approximate surface area is 201 Å². The Hall–Kier alpha value is -4.18. The van der Waals surface area contributed by atoms with Gasteiger partial charge in [0.2, 0.25) is 21.6 Å². The summed E-state index contributed by atoms with van der Waals surface area (Å²) >= 11 is 0. The van der Waals surface area contributed by atoms with Gasteiger partial charge in [-0.3, -0.25) is 14.9 Å². The van der Waals surface area contributed by atoms with Crippen LogP contribution in [0.5, 0.6) is 5.75 Å². The molecule has 2 aromatic heterocycles. The molecule has 35 heavy (non-hydrogen) atoms. The number of pyridine rings is 1. The molecular formula is C25H23N3O6S. The highest BCUT2D eigenvalue weighted by Crippen LogP contribution is 2.28. The van der Waals surface area contributed by atoms with Gasteiger partial charge in [0.05, 0.1) is 23.8 Å². The molecule has 0 saturated heterocycles. The summed E-state index contributed by atoms with van der Waals surface area (Å²) in [7, 11) is -2.67. The van der Waals surface area contributed by atoms with Gasteiger partial charge in [-0.2, -0.15) is 0 Å². The number of sulfone groups is 1. The molecule has 0 atom stereocenters. The maximum absolute atomic E-state index is 13.3. The second-order valence-corrected chi connectivity index (χ2v) is 9.74. The minimum absolute atomic E-state index is 0.0486. The number of aromatic nitrogens is 2. The van der Waals surface area contributed by atoms with Crippen LogP contribution in [0.15, 0.2) is 86.0 Å². The molecule has 9 nitrogen and oxygen atoms in total. The van der Waals surface area contributed by atoms with Gasteiger partial charge in [0, 0.05) is 5.69 Å². The minimum atomic E-state index is -4.14. The molecule has 0 fully saturated rings. The molecular weight excluding hydrogens is 470 g/mol. The largest absolute Gasteiger partial charge is 0.497 e. The van der Waals surface area contributed by atoms with Crippen molar-refractivity contribution in [3.63, 3.8) is 0 Å². The second-order valence-electron chi connectivity index (χ2n) is 7.85. The van der Waals surface area contributed by atoms with Gasteiger partial charge >= 0.3 is 0 Å². The van der Waals surface area contributed by atoms with Gasteiger partial charge in [-0.1, -0.05) is 35.5 Å². The molecule has 0 aliphatic heterocycles. The predicted octanol–water partition coefficient (Wildman–Crippen LogP) is 3.60. The van der Waals surface area contributed by atoms with Crippen LogP contribution in [0.2, 0.25) is 0 Å². The molecule has 0 unspecified atom stereocenters. The minimum Gasteiger partial charge on any atom is -0.497 e. The van der Waals surface area contributed by atoms with E-state index in [4.69, 9.17) is 9.26 Å². The average molecular weight is 494 g/mol. The normalized spacial score (nSPS) is 11.3. The van der Waals surface area contributed by atoms with E-state index in [0.29, 0.717) is 22.6 Å². The Balaban J connectivity index is 1.66. The third-order valence-electron chi connectivity index (χ3n) is 5.50. The van der Waals surface area contributed by atoms with E-state index in [-0.39, 0.29) is 15.7 Å². The van der Waals surface area contributed by atoms with Crippen molar-refractivity contribution >= 4 is 21.6 Å². The molecule has 4 rings (SSSR count). The van der Waals surface area contributed by atoms with E-state index in [1.807, 2.05) is 30.3 Å². The molecule has 0 aliphatic carbocycles. The summed E-state index contributed by atoms with van der Waals surface area (Å²) in [5.74, 6) is 0.0480. The summed E-state index contributed by atoms with van der Waals surface area (Å²) in [6, 6.07) is 16.5. The zero-order valence-corrected chi connectivity index (χ0v) is 20.1. The van der Waals surface area contributed by atoms with Gasteiger partial charge in [0.15, 0.2) is 0 Å². The van der Waals surface area contributed by atoms with Crippen LogP contribution in [0.25, 0.3) is 11.1 Å². The Kier molecular flexibility index (Phi) is 6.57. The Bertz CT molecular complexity index is 1540. The van der Waals surface area contributed by atoms with Crippen LogP contribution in [-0.4, -0.2) is 31.2 Å². The summed E-state index contributed by atoms with van der Waals surface area (Å²) in [5, 5.41) is 6.37. The van der Waals surface area contributed by atoms with E-state index in [2.05, 4.69) is 10.5 Å². The smallest absolute Gasteiger partial charge is 0.270 e. The van der Waals surface area contributed by atoms with Crippen molar-refractivity contribution in [1.82, 2.24) is 9.72 Å². The first-order valence-corrected chi connectivity index (χ1v) is 12.1. The monoisotopic (exact) mass is 493 g/mol. The molecule has 2 aromatic carbocycles. The van der Waals surface area contributed by atoms with E-state index in [1.54, 1.807) is 19.9 Å². The van der Waals surface area contributed by atoms with Crippen molar-refractivity contribution < 1.29 is 22.5 Å². The Morgan fingerprint density at radius 3 is 2.43 bits per heavy atom. The molecule has 2 heterocycles. The zero-order valence-electron chi connectivity index (χ0n) is 19.3. The summed E-state index contributed by atoms with van der Waals surface area (Å²) < 4.78 is 38.0. The van der Waals surface area contributed by atoms with Crippen LogP contribution in [0.4, 0.5) is 5.88 Å².